The van der Waals surface area contributed by atoms with Crippen molar-refractivity contribution in [2.75, 3.05) is 16.0 Å². The lowest BCUT2D eigenvalue weighted by Gasteiger charge is -2.46. The van der Waals surface area contributed by atoms with Gasteiger partial charge in [-0.25, -0.2) is 0 Å². The number of anilines is 3. The molecule has 2 rings (SSSR count). The maximum atomic E-state index is 13.9. The number of carbonyl (C=O) groups excluding carboxylic acids is 3. The number of benzene rings is 1. The molecule has 1 aromatic carbocycles. The van der Waals surface area contributed by atoms with Crippen LogP contribution in [-0.2, 0) is 14.4 Å². The van der Waals surface area contributed by atoms with E-state index in [1.807, 2.05) is 27.7 Å². The Balaban J connectivity index is 2.48. The molecular formula is C27H43N3O3. The third-order valence-corrected chi connectivity index (χ3v) is 7.52. The molecule has 184 valence electrons. The van der Waals surface area contributed by atoms with Crippen LogP contribution in [0.2, 0.25) is 0 Å². The summed E-state index contributed by atoms with van der Waals surface area (Å²) in [6.07, 6.45) is 6.28. The number of para-hydroxylation sites is 1. The number of amides is 3. The summed E-state index contributed by atoms with van der Waals surface area (Å²) in [5.41, 5.74) is 0.764. The van der Waals surface area contributed by atoms with Crippen LogP contribution in [0.15, 0.2) is 18.2 Å². The molecule has 0 aliphatic heterocycles. The Bertz CT molecular complexity index is 808. The van der Waals surface area contributed by atoms with Gasteiger partial charge >= 0.3 is 0 Å². The lowest BCUT2D eigenvalue weighted by Crippen LogP contribution is -2.47. The lowest BCUT2D eigenvalue weighted by molar-refractivity contribution is -0.135. The SMILES string of the molecule is CCC(C)C(=O)Nc1cccc(NC(=O)C(C)CC)c1NC(=O)C1(C(C)(C)C)CCCCC1. The Morgan fingerprint density at radius 2 is 1.30 bits per heavy atom. The van der Waals surface area contributed by atoms with E-state index < -0.39 is 5.41 Å². The maximum Gasteiger partial charge on any atom is 0.231 e. The highest BCUT2D eigenvalue weighted by molar-refractivity contribution is 6.08. The van der Waals surface area contributed by atoms with E-state index in [4.69, 9.17) is 0 Å². The Labute approximate surface area is 199 Å². The van der Waals surface area contributed by atoms with E-state index in [1.165, 1.54) is 0 Å². The van der Waals surface area contributed by atoms with Gasteiger partial charge in [0.1, 0.15) is 0 Å². The fraction of sp³-hybridized carbons (Fsp3) is 0.667. The quantitative estimate of drug-likeness (QED) is 0.411. The van der Waals surface area contributed by atoms with Crippen LogP contribution in [0, 0.1) is 22.7 Å². The van der Waals surface area contributed by atoms with Gasteiger partial charge in [-0.15, -0.1) is 0 Å². The summed E-state index contributed by atoms with van der Waals surface area (Å²) in [5.74, 6) is -0.584. The van der Waals surface area contributed by atoms with Crippen LogP contribution in [0.3, 0.4) is 0 Å². The van der Waals surface area contributed by atoms with Gasteiger partial charge in [0.05, 0.1) is 22.5 Å². The summed E-state index contributed by atoms with van der Waals surface area (Å²) in [7, 11) is 0. The molecule has 3 N–H and O–H groups in total. The van der Waals surface area contributed by atoms with E-state index in [0.717, 1.165) is 32.1 Å². The van der Waals surface area contributed by atoms with Crippen LogP contribution in [-0.4, -0.2) is 17.7 Å². The zero-order valence-corrected chi connectivity index (χ0v) is 21.6. The predicted molar refractivity (Wildman–Crippen MR) is 136 cm³/mol. The fourth-order valence-electron chi connectivity index (χ4n) is 4.48. The molecule has 6 nitrogen and oxygen atoms in total. The Morgan fingerprint density at radius 3 is 1.70 bits per heavy atom. The third-order valence-electron chi connectivity index (χ3n) is 7.52. The van der Waals surface area contributed by atoms with Crippen LogP contribution in [0.25, 0.3) is 0 Å². The monoisotopic (exact) mass is 457 g/mol. The molecule has 3 amide bonds. The Kier molecular flexibility index (Phi) is 9.10. The van der Waals surface area contributed by atoms with Crippen molar-refractivity contribution in [3.05, 3.63) is 18.2 Å². The average Bonchev–Trinajstić information content (AvgIpc) is 2.79. The molecule has 0 heterocycles. The number of hydrogen-bond donors (Lipinski definition) is 3. The zero-order chi connectivity index (χ0) is 24.8. The molecule has 1 aliphatic carbocycles. The van der Waals surface area contributed by atoms with Gasteiger partial charge in [0.15, 0.2) is 0 Å². The Hall–Kier alpha value is -2.37. The molecule has 0 radical (unpaired) electrons. The molecule has 0 aromatic heterocycles. The first-order valence-electron chi connectivity index (χ1n) is 12.5. The van der Waals surface area contributed by atoms with Crippen LogP contribution >= 0.6 is 0 Å². The number of carbonyl (C=O) groups is 3. The highest BCUT2D eigenvalue weighted by Gasteiger charge is 2.48. The van der Waals surface area contributed by atoms with Crippen LogP contribution in [0.4, 0.5) is 17.1 Å². The first kappa shape index (κ1) is 26.9. The van der Waals surface area contributed by atoms with Gasteiger partial charge < -0.3 is 16.0 Å². The van der Waals surface area contributed by atoms with E-state index in [-0.39, 0.29) is 35.0 Å². The van der Waals surface area contributed by atoms with Crippen molar-refractivity contribution >= 4 is 34.8 Å². The number of nitrogens with one attached hydrogen (secondary N) is 3. The maximum absolute atomic E-state index is 13.9. The summed E-state index contributed by atoms with van der Waals surface area (Å²) in [6, 6.07) is 5.34. The first-order chi connectivity index (χ1) is 15.5. The lowest BCUT2D eigenvalue weighted by atomic mass is 9.59. The number of hydrogen-bond acceptors (Lipinski definition) is 3. The molecule has 1 saturated carbocycles. The van der Waals surface area contributed by atoms with Crippen LogP contribution in [0.1, 0.15) is 93.4 Å². The summed E-state index contributed by atoms with van der Waals surface area (Å²) in [4.78, 5) is 39.2. The standard InChI is InChI=1S/C27H43N3O3/c1-8-18(3)23(31)28-20-14-13-15-21(29-24(32)19(4)9-2)22(20)30-25(33)27(26(5,6)7)16-11-10-12-17-27/h13-15,18-19H,8-12,16-17H2,1-7H3,(H,28,31)(H,29,32)(H,30,33). The van der Waals surface area contributed by atoms with Crippen LogP contribution < -0.4 is 16.0 Å². The van der Waals surface area contributed by atoms with E-state index in [9.17, 15) is 14.4 Å². The number of rotatable bonds is 8. The minimum atomic E-state index is -0.503. The van der Waals surface area contributed by atoms with E-state index >= 15 is 0 Å². The second kappa shape index (κ2) is 11.2. The molecule has 2 atom stereocenters. The van der Waals surface area contributed by atoms with Gasteiger partial charge in [-0.2, -0.15) is 0 Å². The highest BCUT2D eigenvalue weighted by Crippen LogP contribution is 2.50. The largest absolute Gasteiger partial charge is 0.324 e. The summed E-state index contributed by atoms with van der Waals surface area (Å²) < 4.78 is 0. The molecule has 0 spiro atoms. The predicted octanol–water partition coefficient (Wildman–Crippen LogP) is 6.59. The van der Waals surface area contributed by atoms with Crippen molar-refractivity contribution in [3.8, 4) is 0 Å². The highest BCUT2D eigenvalue weighted by atomic mass is 16.2. The summed E-state index contributed by atoms with van der Waals surface area (Å²) in [5, 5.41) is 9.10. The van der Waals surface area contributed by atoms with E-state index in [2.05, 4.69) is 36.7 Å². The van der Waals surface area contributed by atoms with Gasteiger partial charge in [-0.3, -0.25) is 14.4 Å². The molecular weight excluding hydrogens is 414 g/mol. The summed E-state index contributed by atoms with van der Waals surface area (Å²) >= 11 is 0. The Morgan fingerprint density at radius 1 is 0.848 bits per heavy atom. The van der Waals surface area contributed by atoms with Crippen LogP contribution in [0.5, 0.6) is 0 Å². The van der Waals surface area contributed by atoms with E-state index in [1.54, 1.807) is 18.2 Å². The molecule has 33 heavy (non-hydrogen) atoms. The summed E-state index contributed by atoms with van der Waals surface area (Å²) in [6.45, 7) is 14.1. The van der Waals surface area contributed by atoms with Gasteiger partial charge in [-0.05, 0) is 43.2 Å². The topological polar surface area (TPSA) is 87.3 Å². The smallest absolute Gasteiger partial charge is 0.231 e. The zero-order valence-electron chi connectivity index (χ0n) is 21.6. The van der Waals surface area contributed by atoms with Gasteiger partial charge in [0, 0.05) is 11.8 Å². The molecule has 2 unspecified atom stereocenters. The molecule has 1 aromatic rings. The van der Waals surface area contributed by atoms with Crippen molar-refractivity contribution in [3.63, 3.8) is 0 Å². The van der Waals surface area contributed by atoms with Gasteiger partial charge in [0.2, 0.25) is 17.7 Å². The second-order valence-electron chi connectivity index (χ2n) is 10.7. The van der Waals surface area contributed by atoms with Crippen molar-refractivity contribution < 1.29 is 14.4 Å². The van der Waals surface area contributed by atoms with Gasteiger partial charge in [-0.1, -0.05) is 73.8 Å². The minimum Gasteiger partial charge on any atom is -0.324 e. The van der Waals surface area contributed by atoms with Crippen molar-refractivity contribution in [1.29, 1.82) is 0 Å². The molecule has 1 aliphatic rings. The average molecular weight is 458 g/mol. The molecule has 0 bridgehead atoms. The fourth-order valence-corrected chi connectivity index (χ4v) is 4.48. The van der Waals surface area contributed by atoms with Gasteiger partial charge in [0.25, 0.3) is 0 Å². The third kappa shape index (κ3) is 6.15. The first-order valence-corrected chi connectivity index (χ1v) is 12.5. The minimum absolute atomic E-state index is 0.0426. The van der Waals surface area contributed by atoms with Crippen molar-refractivity contribution in [1.82, 2.24) is 0 Å². The van der Waals surface area contributed by atoms with Crippen molar-refractivity contribution in [2.24, 2.45) is 22.7 Å². The molecule has 0 saturated heterocycles. The van der Waals surface area contributed by atoms with Crippen molar-refractivity contribution in [2.45, 2.75) is 93.4 Å². The molecule has 1 fully saturated rings. The second-order valence-corrected chi connectivity index (χ2v) is 10.7. The van der Waals surface area contributed by atoms with E-state index in [0.29, 0.717) is 29.9 Å². The molecule has 6 heteroatoms. The normalized spacial score (nSPS) is 17.5.